The molecule has 18 heavy (non-hydrogen) atoms. The normalized spacial score (nSPS) is 10.7. The van der Waals surface area contributed by atoms with E-state index in [0.29, 0.717) is 23.5 Å². The minimum absolute atomic E-state index is 0.126. The van der Waals surface area contributed by atoms with Crippen LogP contribution in [0.3, 0.4) is 0 Å². The highest BCUT2D eigenvalue weighted by Gasteiger charge is 2.09. The molecule has 2 aromatic carbocycles. The summed E-state index contributed by atoms with van der Waals surface area (Å²) in [5.74, 6) is 0.673. The molecular weight excluding hydrogens is 250 g/mol. The third-order valence-corrected chi connectivity index (χ3v) is 2.75. The lowest BCUT2D eigenvalue weighted by molar-refractivity contribution is 0.309. The van der Waals surface area contributed by atoms with Gasteiger partial charge in [0.2, 0.25) is 0 Å². The van der Waals surface area contributed by atoms with E-state index in [2.05, 4.69) is 4.98 Å². The first-order valence-electron chi connectivity index (χ1n) is 5.55. The Labute approximate surface area is 109 Å². The fourth-order valence-electron chi connectivity index (χ4n) is 1.75. The van der Waals surface area contributed by atoms with Crippen molar-refractivity contribution in [1.29, 1.82) is 0 Å². The number of nitrogens with zero attached hydrogens (tertiary/aromatic N) is 1. The van der Waals surface area contributed by atoms with Crippen molar-refractivity contribution >= 4 is 22.7 Å². The molecule has 0 amide bonds. The van der Waals surface area contributed by atoms with E-state index in [4.69, 9.17) is 20.8 Å². The maximum absolute atomic E-state index is 5.74. The molecule has 0 spiro atoms. The van der Waals surface area contributed by atoms with Gasteiger partial charge in [0.05, 0.1) is 0 Å². The van der Waals surface area contributed by atoms with E-state index in [1.165, 1.54) is 0 Å². The average Bonchev–Trinajstić information content (AvgIpc) is 2.78. The third-order valence-electron chi connectivity index (χ3n) is 2.59. The Kier molecular flexibility index (Phi) is 2.90. The number of oxazole rings is 1. The molecule has 0 bridgehead atoms. The molecule has 3 aromatic rings. The summed E-state index contributed by atoms with van der Waals surface area (Å²) < 4.78 is 11.0. The minimum atomic E-state index is 0.126. The molecule has 0 N–H and O–H groups in total. The number of hydrogen-bond acceptors (Lipinski definition) is 3. The van der Waals surface area contributed by atoms with Crippen molar-refractivity contribution in [2.24, 2.45) is 0 Å². The highest BCUT2D eigenvalue weighted by Crippen LogP contribution is 2.27. The van der Waals surface area contributed by atoms with Crippen LogP contribution >= 0.6 is 11.6 Å². The molecule has 0 fully saturated rings. The van der Waals surface area contributed by atoms with E-state index in [-0.39, 0.29) is 5.35 Å². The fraction of sp³-hybridized carbons (Fsp3) is 0.0714. The number of halogens is 1. The lowest BCUT2D eigenvalue weighted by atomic mass is 10.2. The molecule has 3 nitrogen and oxygen atoms in total. The van der Waals surface area contributed by atoms with Crippen molar-refractivity contribution in [2.75, 3.05) is 0 Å². The highest BCUT2D eigenvalue weighted by molar-refractivity contribution is 6.28. The quantitative estimate of drug-likeness (QED) is 0.711. The van der Waals surface area contributed by atoms with Gasteiger partial charge in [-0.3, -0.25) is 0 Å². The zero-order valence-electron chi connectivity index (χ0n) is 9.47. The first kappa shape index (κ1) is 11.1. The maximum atomic E-state index is 5.74. The standard InChI is InChI=1S/C14H10ClNO2/c15-14-16-13-11(7-4-8-12(13)18-14)17-9-10-5-2-1-3-6-10/h1-8H,9H2. The van der Waals surface area contributed by atoms with Gasteiger partial charge in [-0.25, -0.2) is 0 Å². The highest BCUT2D eigenvalue weighted by atomic mass is 35.5. The molecule has 1 heterocycles. The Balaban J connectivity index is 1.86. The summed E-state index contributed by atoms with van der Waals surface area (Å²) in [4.78, 5) is 4.10. The Morgan fingerprint density at radius 1 is 1.06 bits per heavy atom. The van der Waals surface area contributed by atoms with Crippen molar-refractivity contribution in [3.63, 3.8) is 0 Å². The number of hydrogen-bond donors (Lipinski definition) is 0. The smallest absolute Gasteiger partial charge is 0.293 e. The van der Waals surface area contributed by atoms with Crippen molar-refractivity contribution in [2.45, 2.75) is 6.61 Å². The van der Waals surface area contributed by atoms with Gasteiger partial charge in [-0.05, 0) is 29.3 Å². The topological polar surface area (TPSA) is 35.3 Å². The van der Waals surface area contributed by atoms with Crippen LogP contribution in [0.15, 0.2) is 52.9 Å². The molecule has 0 aliphatic carbocycles. The van der Waals surface area contributed by atoms with E-state index >= 15 is 0 Å². The van der Waals surface area contributed by atoms with Gasteiger partial charge >= 0.3 is 0 Å². The number of benzene rings is 2. The lowest BCUT2D eigenvalue weighted by Crippen LogP contribution is -1.95. The molecule has 1 aromatic heterocycles. The Bertz CT molecular complexity index is 664. The van der Waals surface area contributed by atoms with Gasteiger partial charge in [-0.2, -0.15) is 4.98 Å². The third kappa shape index (κ3) is 2.17. The Morgan fingerprint density at radius 3 is 2.72 bits per heavy atom. The van der Waals surface area contributed by atoms with E-state index in [1.807, 2.05) is 48.5 Å². The van der Waals surface area contributed by atoms with Crippen molar-refractivity contribution in [1.82, 2.24) is 4.98 Å². The van der Waals surface area contributed by atoms with E-state index in [1.54, 1.807) is 0 Å². The number of aromatic nitrogens is 1. The van der Waals surface area contributed by atoms with Crippen LogP contribution in [0, 0.1) is 0 Å². The van der Waals surface area contributed by atoms with Gasteiger partial charge in [0.15, 0.2) is 11.1 Å². The van der Waals surface area contributed by atoms with E-state index in [9.17, 15) is 0 Å². The second-order valence-electron chi connectivity index (χ2n) is 3.84. The Morgan fingerprint density at radius 2 is 1.89 bits per heavy atom. The van der Waals surface area contributed by atoms with Crippen LogP contribution in [0.25, 0.3) is 11.1 Å². The summed E-state index contributed by atoms with van der Waals surface area (Å²) in [5, 5.41) is 0.126. The van der Waals surface area contributed by atoms with Crippen LogP contribution in [0.2, 0.25) is 5.35 Å². The SMILES string of the molecule is Clc1nc2c(OCc3ccccc3)cccc2o1. The molecule has 0 radical (unpaired) electrons. The molecule has 0 saturated carbocycles. The molecule has 3 rings (SSSR count). The van der Waals surface area contributed by atoms with Crippen LogP contribution in [0.5, 0.6) is 5.75 Å². The number of ether oxygens (including phenoxy) is 1. The average molecular weight is 260 g/mol. The molecular formula is C14H10ClNO2. The molecule has 4 heteroatoms. The summed E-state index contributed by atoms with van der Waals surface area (Å²) in [6.45, 7) is 0.491. The van der Waals surface area contributed by atoms with Crippen LogP contribution in [-0.2, 0) is 6.61 Å². The van der Waals surface area contributed by atoms with E-state index < -0.39 is 0 Å². The molecule has 0 aliphatic heterocycles. The molecule has 0 atom stereocenters. The first-order chi connectivity index (χ1) is 8.83. The minimum Gasteiger partial charge on any atom is -0.486 e. The van der Waals surface area contributed by atoms with Crippen LogP contribution in [0.4, 0.5) is 0 Å². The summed E-state index contributed by atoms with van der Waals surface area (Å²) in [5.41, 5.74) is 2.38. The lowest BCUT2D eigenvalue weighted by Gasteiger charge is -2.05. The Hall–Kier alpha value is -2.00. The first-order valence-corrected chi connectivity index (χ1v) is 5.92. The summed E-state index contributed by atoms with van der Waals surface area (Å²) in [6, 6.07) is 15.5. The van der Waals surface area contributed by atoms with Gasteiger partial charge in [-0.15, -0.1) is 0 Å². The van der Waals surface area contributed by atoms with Gasteiger partial charge in [0, 0.05) is 0 Å². The van der Waals surface area contributed by atoms with Crippen LogP contribution in [0.1, 0.15) is 5.56 Å². The molecule has 90 valence electrons. The summed E-state index contributed by atoms with van der Waals surface area (Å²) in [6.07, 6.45) is 0. The van der Waals surface area contributed by atoms with Crippen LogP contribution in [-0.4, -0.2) is 4.98 Å². The summed E-state index contributed by atoms with van der Waals surface area (Å²) in [7, 11) is 0. The van der Waals surface area contributed by atoms with Gasteiger partial charge in [0.25, 0.3) is 5.35 Å². The maximum Gasteiger partial charge on any atom is 0.293 e. The number of rotatable bonds is 3. The fourth-order valence-corrected chi connectivity index (χ4v) is 1.92. The second-order valence-corrected chi connectivity index (χ2v) is 4.17. The van der Waals surface area contributed by atoms with E-state index in [0.717, 1.165) is 5.56 Å². The monoisotopic (exact) mass is 259 g/mol. The van der Waals surface area contributed by atoms with Crippen molar-refractivity contribution in [3.8, 4) is 5.75 Å². The predicted octanol–water partition coefficient (Wildman–Crippen LogP) is 4.06. The number of fused-ring (bicyclic) bond motifs is 1. The second kappa shape index (κ2) is 4.70. The number of para-hydroxylation sites is 1. The molecule has 0 aliphatic rings. The van der Waals surface area contributed by atoms with Gasteiger partial charge in [0.1, 0.15) is 12.4 Å². The predicted molar refractivity (Wildman–Crippen MR) is 69.8 cm³/mol. The largest absolute Gasteiger partial charge is 0.486 e. The molecule has 0 saturated heterocycles. The van der Waals surface area contributed by atoms with Gasteiger partial charge < -0.3 is 9.15 Å². The van der Waals surface area contributed by atoms with Crippen molar-refractivity contribution in [3.05, 3.63) is 59.4 Å². The molecule has 0 unspecified atom stereocenters. The zero-order chi connectivity index (χ0) is 12.4. The zero-order valence-corrected chi connectivity index (χ0v) is 10.2. The summed E-state index contributed by atoms with van der Waals surface area (Å²) >= 11 is 5.74. The van der Waals surface area contributed by atoms with Crippen molar-refractivity contribution < 1.29 is 9.15 Å². The van der Waals surface area contributed by atoms with Crippen LogP contribution < -0.4 is 4.74 Å². The van der Waals surface area contributed by atoms with Gasteiger partial charge in [-0.1, -0.05) is 36.4 Å².